The minimum absolute atomic E-state index is 0.477. The van der Waals surface area contributed by atoms with Crippen molar-refractivity contribution in [1.29, 1.82) is 0 Å². The van der Waals surface area contributed by atoms with Crippen molar-refractivity contribution in [1.82, 2.24) is 0 Å². The van der Waals surface area contributed by atoms with E-state index in [-0.39, 0.29) is 0 Å². The molecule has 0 radical (unpaired) electrons. The van der Waals surface area contributed by atoms with Gasteiger partial charge in [0.05, 0.1) is 9.13 Å². The van der Waals surface area contributed by atoms with E-state index in [0.29, 0.717) is 20.3 Å². The van der Waals surface area contributed by atoms with E-state index in [1.165, 1.54) is 0 Å². The van der Waals surface area contributed by atoms with Crippen molar-refractivity contribution in [3.63, 3.8) is 0 Å². The number of rotatable bonds is 0. The van der Waals surface area contributed by atoms with Crippen molar-refractivity contribution in [2.45, 2.75) is 13.1 Å². The lowest BCUT2D eigenvalue weighted by molar-refractivity contribution is -0.137. The van der Waals surface area contributed by atoms with Crippen LogP contribution in [0.25, 0.3) is 11.0 Å². The summed E-state index contributed by atoms with van der Waals surface area (Å²) in [4.78, 5) is 0. The van der Waals surface area contributed by atoms with Crippen LogP contribution in [0.4, 0.5) is 13.2 Å². The standard InChI is InChI=1S/C10H6F3IO/c1-5-2-6-3-7(10(11,12)13)4-8(14)9(6)15-5/h2-4H,1H3. The normalized spacial score (nSPS) is 12.3. The predicted octanol–water partition coefficient (Wildman–Crippen LogP) is 4.36. The molecule has 2 rings (SSSR count). The van der Waals surface area contributed by atoms with Crippen molar-refractivity contribution in [3.8, 4) is 0 Å². The molecule has 0 spiro atoms. The van der Waals surface area contributed by atoms with E-state index in [9.17, 15) is 13.2 Å². The zero-order valence-electron chi connectivity index (χ0n) is 7.65. The van der Waals surface area contributed by atoms with Gasteiger partial charge in [-0.3, -0.25) is 0 Å². The first kappa shape index (κ1) is 10.8. The Morgan fingerprint density at radius 3 is 2.47 bits per heavy atom. The summed E-state index contributed by atoms with van der Waals surface area (Å²) in [5.74, 6) is 0.613. The number of hydrogen-bond donors (Lipinski definition) is 0. The summed E-state index contributed by atoms with van der Waals surface area (Å²) in [5.41, 5.74) is -0.124. The molecule has 5 heteroatoms. The number of benzene rings is 1. The summed E-state index contributed by atoms with van der Waals surface area (Å²) in [5, 5.41) is 0.492. The molecule has 0 N–H and O–H groups in total. The number of alkyl halides is 3. The van der Waals surface area contributed by atoms with Crippen LogP contribution in [0.5, 0.6) is 0 Å². The minimum atomic E-state index is -4.31. The smallest absolute Gasteiger partial charge is 0.416 e. The Bertz CT molecular complexity index is 513. The maximum absolute atomic E-state index is 12.5. The van der Waals surface area contributed by atoms with Crippen molar-refractivity contribution in [3.05, 3.63) is 33.1 Å². The Kier molecular flexibility index (Phi) is 2.44. The van der Waals surface area contributed by atoms with Gasteiger partial charge in [0.25, 0.3) is 0 Å². The van der Waals surface area contributed by atoms with Gasteiger partial charge in [0.1, 0.15) is 11.3 Å². The molecule has 0 fully saturated rings. The fourth-order valence-electron chi connectivity index (χ4n) is 1.40. The number of aryl methyl sites for hydroxylation is 1. The number of fused-ring (bicyclic) bond motifs is 1. The first-order chi connectivity index (χ1) is 6.88. The number of furan rings is 1. The summed E-state index contributed by atoms with van der Waals surface area (Å²) in [6, 6.07) is 3.80. The zero-order chi connectivity index (χ0) is 11.2. The highest BCUT2D eigenvalue weighted by Gasteiger charge is 2.31. The zero-order valence-corrected chi connectivity index (χ0v) is 9.81. The lowest BCUT2D eigenvalue weighted by Crippen LogP contribution is -2.04. The molecule has 1 heterocycles. The second kappa shape index (κ2) is 3.40. The average Bonchev–Trinajstić information content (AvgIpc) is 2.44. The van der Waals surface area contributed by atoms with Gasteiger partial charge in [-0.05, 0) is 47.7 Å². The molecule has 1 aromatic carbocycles. The van der Waals surface area contributed by atoms with Crippen LogP contribution in [0, 0.1) is 10.5 Å². The second-order valence-corrected chi connectivity index (χ2v) is 4.39. The van der Waals surface area contributed by atoms with E-state index in [1.807, 2.05) is 22.6 Å². The molecule has 0 unspecified atom stereocenters. The highest BCUT2D eigenvalue weighted by Crippen LogP contribution is 2.34. The van der Waals surface area contributed by atoms with Crippen molar-refractivity contribution < 1.29 is 17.6 Å². The second-order valence-electron chi connectivity index (χ2n) is 3.23. The summed E-state index contributed by atoms with van der Waals surface area (Å²) in [6.45, 7) is 1.71. The third-order valence-corrected chi connectivity index (χ3v) is 2.82. The molecule has 0 bridgehead atoms. The Balaban J connectivity index is 2.72. The van der Waals surface area contributed by atoms with Gasteiger partial charge < -0.3 is 4.42 Å². The van der Waals surface area contributed by atoms with Crippen molar-refractivity contribution in [2.75, 3.05) is 0 Å². The first-order valence-corrected chi connectivity index (χ1v) is 5.22. The molecular formula is C10H6F3IO. The molecule has 2 aromatic rings. The van der Waals surface area contributed by atoms with E-state index in [0.717, 1.165) is 12.1 Å². The van der Waals surface area contributed by atoms with Gasteiger partial charge >= 0.3 is 6.18 Å². The molecule has 0 atom stereocenters. The van der Waals surface area contributed by atoms with Crippen LogP contribution in [0.1, 0.15) is 11.3 Å². The maximum Gasteiger partial charge on any atom is 0.416 e. The average molecular weight is 326 g/mol. The molecule has 0 saturated heterocycles. The molecule has 0 saturated carbocycles. The predicted molar refractivity (Wildman–Crippen MR) is 58.7 cm³/mol. The third kappa shape index (κ3) is 1.97. The lowest BCUT2D eigenvalue weighted by Gasteiger charge is -2.06. The summed E-state index contributed by atoms with van der Waals surface area (Å²) in [7, 11) is 0. The third-order valence-electron chi connectivity index (χ3n) is 2.02. The van der Waals surface area contributed by atoms with Crippen LogP contribution < -0.4 is 0 Å². The van der Waals surface area contributed by atoms with E-state index in [1.54, 1.807) is 13.0 Å². The van der Waals surface area contributed by atoms with Gasteiger partial charge in [0, 0.05) is 5.39 Å². The van der Waals surface area contributed by atoms with Gasteiger partial charge in [-0.25, -0.2) is 0 Å². The number of hydrogen-bond acceptors (Lipinski definition) is 1. The molecule has 80 valence electrons. The SMILES string of the molecule is Cc1cc2cc(C(F)(F)F)cc(I)c2o1. The van der Waals surface area contributed by atoms with Crippen LogP contribution >= 0.6 is 22.6 Å². The molecule has 1 nitrogen and oxygen atoms in total. The fourth-order valence-corrected chi connectivity index (χ4v) is 2.16. The maximum atomic E-state index is 12.5. The van der Waals surface area contributed by atoms with E-state index < -0.39 is 11.7 Å². The first-order valence-electron chi connectivity index (χ1n) is 4.15. The molecule has 0 aliphatic rings. The Morgan fingerprint density at radius 2 is 1.87 bits per heavy atom. The molecule has 0 amide bonds. The molecule has 15 heavy (non-hydrogen) atoms. The Labute approximate surface area is 97.4 Å². The van der Waals surface area contributed by atoms with Crippen LogP contribution in [-0.4, -0.2) is 0 Å². The van der Waals surface area contributed by atoms with E-state index in [4.69, 9.17) is 4.42 Å². The van der Waals surface area contributed by atoms with E-state index >= 15 is 0 Å². The largest absolute Gasteiger partial charge is 0.460 e. The van der Waals surface area contributed by atoms with Gasteiger partial charge in [0.15, 0.2) is 0 Å². The van der Waals surface area contributed by atoms with Gasteiger partial charge in [-0.15, -0.1) is 0 Å². The monoisotopic (exact) mass is 326 g/mol. The molecular weight excluding hydrogens is 320 g/mol. The van der Waals surface area contributed by atoms with Gasteiger partial charge in [-0.2, -0.15) is 13.2 Å². The Morgan fingerprint density at radius 1 is 1.20 bits per heavy atom. The van der Waals surface area contributed by atoms with Crippen LogP contribution in [0.3, 0.4) is 0 Å². The molecule has 0 aliphatic heterocycles. The summed E-state index contributed by atoms with van der Waals surface area (Å²) >= 11 is 1.84. The van der Waals surface area contributed by atoms with Crippen LogP contribution in [0.15, 0.2) is 22.6 Å². The fraction of sp³-hybridized carbons (Fsp3) is 0.200. The minimum Gasteiger partial charge on any atom is -0.460 e. The lowest BCUT2D eigenvalue weighted by atomic mass is 10.1. The van der Waals surface area contributed by atoms with Crippen molar-refractivity contribution >= 4 is 33.6 Å². The highest BCUT2D eigenvalue weighted by atomic mass is 127. The number of halogens is 4. The highest BCUT2D eigenvalue weighted by molar-refractivity contribution is 14.1. The summed E-state index contributed by atoms with van der Waals surface area (Å²) < 4.78 is 43.2. The van der Waals surface area contributed by atoms with Gasteiger partial charge in [-0.1, -0.05) is 0 Å². The molecule has 1 aromatic heterocycles. The molecule has 0 aliphatic carbocycles. The van der Waals surface area contributed by atoms with Crippen molar-refractivity contribution in [2.24, 2.45) is 0 Å². The van der Waals surface area contributed by atoms with Crippen LogP contribution in [0.2, 0.25) is 0 Å². The van der Waals surface area contributed by atoms with Crippen LogP contribution in [-0.2, 0) is 6.18 Å². The topological polar surface area (TPSA) is 13.1 Å². The summed E-state index contributed by atoms with van der Waals surface area (Å²) in [6.07, 6.45) is -4.31. The van der Waals surface area contributed by atoms with E-state index in [2.05, 4.69) is 0 Å². The Hall–Kier alpha value is -0.720. The quantitative estimate of drug-likeness (QED) is 0.656. The van der Waals surface area contributed by atoms with Gasteiger partial charge in [0.2, 0.25) is 0 Å².